The molecule has 3 aromatic rings. The molecule has 0 radical (unpaired) electrons. The summed E-state index contributed by atoms with van der Waals surface area (Å²) in [5.74, 6) is -0.618. The summed E-state index contributed by atoms with van der Waals surface area (Å²) >= 11 is 1.38. The van der Waals surface area contributed by atoms with Crippen LogP contribution in [0.4, 0.5) is 0 Å². The Labute approximate surface area is 139 Å². The number of hydrogen-bond acceptors (Lipinski definition) is 4. The molecule has 1 amide bonds. The molecule has 0 spiro atoms. The summed E-state index contributed by atoms with van der Waals surface area (Å²) in [6, 6.07) is 10.3. The van der Waals surface area contributed by atoms with E-state index < -0.39 is 17.0 Å². The van der Waals surface area contributed by atoms with Crippen molar-refractivity contribution in [2.45, 2.75) is 0 Å². The van der Waals surface area contributed by atoms with Crippen molar-refractivity contribution in [2.75, 3.05) is 0 Å². The minimum absolute atomic E-state index is 0.0301. The van der Waals surface area contributed by atoms with Gasteiger partial charge in [-0.25, -0.2) is 0 Å². The van der Waals surface area contributed by atoms with Crippen molar-refractivity contribution >= 4 is 29.4 Å². The molecule has 2 aromatic heterocycles. The van der Waals surface area contributed by atoms with E-state index in [1.54, 1.807) is 30.3 Å². The van der Waals surface area contributed by atoms with Gasteiger partial charge >= 0.3 is 0 Å². The fraction of sp³-hybridized carbons (Fsp3) is 0. The minimum atomic E-state index is -0.618. The van der Waals surface area contributed by atoms with Gasteiger partial charge < -0.3 is 15.7 Å². The first-order valence-corrected chi connectivity index (χ1v) is 7.86. The van der Waals surface area contributed by atoms with Crippen LogP contribution < -0.4 is 27.6 Å². The van der Waals surface area contributed by atoms with Gasteiger partial charge in [-0.15, -0.1) is 11.3 Å². The number of carbonyl (C=O) groups excluding carboxylic acids is 1. The summed E-state index contributed by atoms with van der Waals surface area (Å²) in [4.78, 5) is 41.8. The van der Waals surface area contributed by atoms with Gasteiger partial charge in [-0.05, 0) is 23.1 Å². The van der Waals surface area contributed by atoms with Crippen molar-refractivity contribution in [3.05, 3.63) is 89.2 Å². The van der Waals surface area contributed by atoms with Crippen LogP contribution in [0.1, 0.15) is 20.8 Å². The maximum absolute atomic E-state index is 12.4. The number of aromatic amines is 2. The zero-order chi connectivity index (χ0) is 17.3. The zero-order valence-corrected chi connectivity index (χ0v) is 13.3. The lowest BCUT2D eigenvalue weighted by Crippen LogP contribution is -2.47. The van der Waals surface area contributed by atoms with Gasteiger partial charge in [-0.2, -0.15) is 0 Å². The number of hydrogen-bond donors (Lipinski definition) is 3. The Kier molecular flexibility index (Phi) is 4.01. The summed E-state index contributed by atoms with van der Waals surface area (Å²) in [6.07, 6.45) is 0. The van der Waals surface area contributed by atoms with E-state index >= 15 is 0 Å². The molecule has 0 atom stereocenters. The molecule has 0 bridgehead atoms. The second kappa shape index (κ2) is 6.13. The molecule has 7 heteroatoms. The van der Waals surface area contributed by atoms with E-state index in [-0.39, 0.29) is 16.3 Å². The van der Waals surface area contributed by atoms with E-state index in [4.69, 9.17) is 5.73 Å². The van der Waals surface area contributed by atoms with Crippen LogP contribution in [0.5, 0.6) is 0 Å². The molecule has 120 valence electrons. The molecule has 24 heavy (non-hydrogen) atoms. The van der Waals surface area contributed by atoms with Crippen molar-refractivity contribution in [3.8, 4) is 0 Å². The number of rotatable bonds is 3. The highest BCUT2D eigenvalue weighted by atomic mass is 32.1. The number of primary amides is 1. The van der Waals surface area contributed by atoms with Crippen LogP contribution in [-0.2, 0) is 0 Å². The third kappa shape index (κ3) is 2.72. The number of thiophene rings is 1. The summed E-state index contributed by atoms with van der Waals surface area (Å²) in [7, 11) is 0. The monoisotopic (exact) mass is 339 g/mol. The molecule has 0 saturated carbocycles. The molecule has 0 fully saturated rings. The Morgan fingerprint density at radius 2 is 1.71 bits per heavy atom. The Bertz CT molecular complexity index is 1140. The molecule has 0 aliphatic carbocycles. The van der Waals surface area contributed by atoms with Crippen molar-refractivity contribution in [3.63, 3.8) is 0 Å². The van der Waals surface area contributed by atoms with E-state index in [0.29, 0.717) is 11.1 Å². The second-order valence-corrected chi connectivity index (χ2v) is 5.97. The molecule has 0 aliphatic heterocycles. The van der Waals surface area contributed by atoms with Gasteiger partial charge in [0.05, 0.1) is 5.35 Å². The first-order chi connectivity index (χ1) is 11.5. The van der Waals surface area contributed by atoms with Crippen LogP contribution in [-0.4, -0.2) is 15.9 Å². The van der Waals surface area contributed by atoms with E-state index in [1.165, 1.54) is 11.3 Å². The van der Waals surface area contributed by atoms with Gasteiger partial charge in [-0.3, -0.25) is 14.4 Å². The average molecular weight is 339 g/mol. The van der Waals surface area contributed by atoms with Gasteiger partial charge in [0.25, 0.3) is 11.1 Å². The molecular formula is C17H13N3O3S. The van der Waals surface area contributed by atoms with Crippen molar-refractivity contribution in [1.29, 1.82) is 0 Å². The molecule has 4 N–H and O–H groups in total. The van der Waals surface area contributed by atoms with Crippen LogP contribution in [0, 0.1) is 0 Å². The van der Waals surface area contributed by atoms with Crippen molar-refractivity contribution in [1.82, 2.24) is 9.97 Å². The van der Waals surface area contributed by atoms with Gasteiger partial charge in [0.15, 0.2) is 0 Å². The first-order valence-electron chi connectivity index (χ1n) is 6.98. The topological polar surface area (TPSA) is 109 Å². The number of H-pyrrole nitrogens is 2. The Hall–Kier alpha value is -3.19. The third-order valence-corrected chi connectivity index (χ3v) is 4.37. The number of nitrogens with one attached hydrogen (secondary N) is 2. The summed E-state index contributed by atoms with van der Waals surface area (Å²) < 4.78 is 0. The van der Waals surface area contributed by atoms with Crippen LogP contribution in [0.3, 0.4) is 0 Å². The number of aromatic nitrogens is 2. The number of benzene rings is 1. The van der Waals surface area contributed by atoms with Gasteiger partial charge in [-0.1, -0.05) is 30.8 Å². The molecule has 0 unspecified atom stereocenters. The molecule has 3 rings (SSSR count). The zero-order valence-electron chi connectivity index (χ0n) is 12.5. The standard InChI is InChI=1S/C17H13N3O3S/c1-9-16(22)20-14(17(23)19-9)13(12-7-4-8-24-12)10-5-2-3-6-11(10)15(18)21/h2-8H,1H2,(H2,18,21)(H,19,23)(H,20,22). The Balaban J connectivity index is 2.54. The molecule has 0 saturated heterocycles. The predicted molar refractivity (Wildman–Crippen MR) is 93.3 cm³/mol. The lowest BCUT2D eigenvalue weighted by molar-refractivity contribution is 0.1000. The van der Waals surface area contributed by atoms with E-state index in [2.05, 4.69) is 16.5 Å². The summed E-state index contributed by atoms with van der Waals surface area (Å²) in [6.45, 7) is 3.48. The van der Waals surface area contributed by atoms with Crippen LogP contribution in [0.15, 0.2) is 51.4 Å². The number of amides is 1. The molecule has 6 nitrogen and oxygen atoms in total. The highest BCUT2D eigenvalue weighted by molar-refractivity contribution is 7.11. The largest absolute Gasteiger partial charge is 0.366 e. The molecular weight excluding hydrogens is 326 g/mol. The Morgan fingerprint density at radius 3 is 2.33 bits per heavy atom. The fourth-order valence-electron chi connectivity index (χ4n) is 2.41. The van der Waals surface area contributed by atoms with Gasteiger partial charge in [0.2, 0.25) is 5.91 Å². The Morgan fingerprint density at radius 1 is 1.00 bits per heavy atom. The summed E-state index contributed by atoms with van der Waals surface area (Å²) in [5, 5.41) is 1.87. The lowest BCUT2D eigenvalue weighted by Gasteiger charge is -2.09. The number of nitrogens with two attached hydrogens (primary N) is 1. The van der Waals surface area contributed by atoms with Crippen LogP contribution in [0.25, 0.3) is 12.2 Å². The average Bonchev–Trinajstić information content (AvgIpc) is 3.07. The van der Waals surface area contributed by atoms with E-state index in [9.17, 15) is 14.4 Å². The maximum Gasteiger partial charge on any atom is 0.273 e. The molecule has 0 aliphatic rings. The van der Waals surface area contributed by atoms with E-state index in [1.807, 2.05) is 11.4 Å². The maximum atomic E-state index is 12.4. The predicted octanol–water partition coefficient (Wildman–Crippen LogP) is -0.119. The van der Waals surface area contributed by atoms with Gasteiger partial charge in [0.1, 0.15) is 5.35 Å². The quantitative estimate of drug-likeness (QED) is 0.619. The molecule has 2 heterocycles. The van der Waals surface area contributed by atoms with Crippen LogP contribution in [0.2, 0.25) is 0 Å². The highest BCUT2D eigenvalue weighted by Crippen LogP contribution is 2.26. The smallest absolute Gasteiger partial charge is 0.273 e. The van der Waals surface area contributed by atoms with Crippen LogP contribution >= 0.6 is 11.3 Å². The minimum Gasteiger partial charge on any atom is -0.366 e. The third-order valence-electron chi connectivity index (χ3n) is 3.48. The normalized spacial score (nSPS) is 12.0. The van der Waals surface area contributed by atoms with Crippen molar-refractivity contribution in [2.24, 2.45) is 5.73 Å². The lowest BCUT2D eigenvalue weighted by atomic mass is 9.97. The SMILES string of the molecule is C=c1[nH]c(=O)c(=C(c2cccs2)c2ccccc2C(N)=O)[nH]c1=O. The fourth-order valence-corrected chi connectivity index (χ4v) is 3.20. The van der Waals surface area contributed by atoms with E-state index in [0.717, 1.165) is 4.88 Å². The summed E-state index contributed by atoms with van der Waals surface area (Å²) in [5.41, 5.74) is 5.64. The molecule has 1 aromatic carbocycles. The second-order valence-electron chi connectivity index (χ2n) is 5.02. The first kappa shape index (κ1) is 15.7. The number of carbonyl (C=O) groups is 1. The van der Waals surface area contributed by atoms with Gasteiger partial charge in [0, 0.05) is 16.0 Å². The van der Waals surface area contributed by atoms with Crippen molar-refractivity contribution < 1.29 is 4.79 Å². The highest BCUT2D eigenvalue weighted by Gasteiger charge is 2.16.